The Morgan fingerprint density at radius 2 is 2.20 bits per heavy atom. The molecule has 2 rings (SSSR count). The van der Waals surface area contributed by atoms with Crippen LogP contribution in [0.2, 0.25) is 0 Å². The average Bonchev–Trinajstić information content (AvgIpc) is 2.45. The molecule has 2 fully saturated rings. The van der Waals surface area contributed by atoms with E-state index >= 15 is 0 Å². The minimum atomic E-state index is 0.127. The molecule has 3 heteroatoms. The second-order valence-corrected chi connectivity index (χ2v) is 4.74. The van der Waals surface area contributed by atoms with Gasteiger partial charge in [-0.1, -0.05) is 6.92 Å². The second kappa shape index (κ2) is 5.28. The largest absolute Gasteiger partial charge is 0.381 e. The summed E-state index contributed by atoms with van der Waals surface area (Å²) >= 11 is 0. The molecule has 2 atom stereocenters. The molecule has 2 aliphatic rings. The summed E-state index contributed by atoms with van der Waals surface area (Å²) in [5.41, 5.74) is 0.127. The fourth-order valence-electron chi connectivity index (χ4n) is 2.82. The molecule has 1 spiro atoms. The summed E-state index contributed by atoms with van der Waals surface area (Å²) in [5.74, 6) is 0. The lowest BCUT2D eigenvalue weighted by molar-refractivity contribution is -0.0984. The highest BCUT2D eigenvalue weighted by Crippen LogP contribution is 2.34. The Morgan fingerprint density at radius 1 is 1.27 bits per heavy atom. The Bertz CT molecular complexity index is 186. The van der Waals surface area contributed by atoms with Crippen molar-refractivity contribution in [3.8, 4) is 0 Å². The topological polar surface area (TPSA) is 30.5 Å². The van der Waals surface area contributed by atoms with Crippen molar-refractivity contribution in [3.63, 3.8) is 0 Å². The predicted octanol–water partition coefficient (Wildman–Crippen LogP) is 1.71. The van der Waals surface area contributed by atoms with Crippen molar-refractivity contribution in [3.05, 3.63) is 0 Å². The first-order valence-electron chi connectivity index (χ1n) is 6.30. The van der Waals surface area contributed by atoms with Crippen LogP contribution in [0.4, 0.5) is 0 Å². The van der Waals surface area contributed by atoms with Gasteiger partial charge >= 0.3 is 0 Å². The molecule has 0 aromatic carbocycles. The molecule has 0 bridgehead atoms. The van der Waals surface area contributed by atoms with Crippen molar-refractivity contribution >= 4 is 0 Å². The van der Waals surface area contributed by atoms with E-state index in [1.165, 1.54) is 12.8 Å². The van der Waals surface area contributed by atoms with Crippen molar-refractivity contribution in [1.29, 1.82) is 0 Å². The van der Waals surface area contributed by atoms with Gasteiger partial charge in [0.2, 0.25) is 0 Å². The Labute approximate surface area is 92.5 Å². The standard InChI is InChI=1S/C12H23NO2/c1-2-13-11-4-8-15-12(10-11)5-3-7-14-9-6-12/h11,13H,2-10H2,1H3. The number of hydrogen-bond donors (Lipinski definition) is 1. The molecular weight excluding hydrogens is 190 g/mol. The fourth-order valence-corrected chi connectivity index (χ4v) is 2.82. The van der Waals surface area contributed by atoms with Gasteiger partial charge in [-0.2, -0.15) is 0 Å². The van der Waals surface area contributed by atoms with Crippen LogP contribution in [0.5, 0.6) is 0 Å². The molecule has 3 nitrogen and oxygen atoms in total. The molecule has 0 saturated carbocycles. The summed E-state index contributed by atoms with van der Waals surface area (Å²) in [4.78, 5) is 0. The Balaban J connectivity index is 1.93. The molecule has 0 aromatic heterocycles. The Kier molecular flexibility index (Phi) is 4.00. The van der Waals surface area contributed by atoms with Crippen LogP contribution in [-0.4, -0.2) is 38.0 Å². The monoisotopic (exact) mass is 213 g/mol. The smallest absolute Gasteiger partial charge is 0.0720 e. The summed E-state index contributed by atoms with van der Waals surface area (Å²) in [6, 6.07) is 0.654. The summed E-state index contributed by atoms with van der Waals surface area (Å²) in [5, 5.41) is 3.56. The predicted molar refractivity (Wildman–Crippen MR) is 60.1 cm³/mol. The molecule has 15 heavy (non-hydrogen) atoms. The van der Waals surface area contributed by atoms with Gasteiger partial charge < -0.3 is 14.8 Å². The van der Waals surface area contributed by atoms with E-state index in [0.29, 0.717) is 6.04 Å². The molecule has 0 radical (unpaired) electrons. The maximum absolute atomic E-state index is 6.04. The first-order valence-corrected chi connectivity index (χ1v) is 6.30. The van der Waals surface area contributed by atoms with E-state index in [9.17, 15) is 0 Å². The Hall–Kier alpha value is -0.120. The minimum Gasteiger partial charge on any atom is -0.381 e. The van der Waals surface area contributed by atoms with Crippen LogP contribution < -0.4 is 5.32 Å². The normalized spacial score (nSPS) is 37.8. The average molecular weight is 213 g/mol. The zero-order valence-corrected chi connectivity index (χ0v) is 9.76. The van der Waals surface area contributed by atoms with Crippen LogP contribution in [0, 0.1) is 0 Å². The van der Waals surface area contributed by atoms with Crippen LogP contribution >= 0.6 is 0 Å². The highest BCUT2D eigenvalue weighted by atomic mass is 16.5. The van der Waals surface area contributed by atoms with Crippen LogP contribution in [0.1, 0.15) is 39.0 Å². The molecule has 1 N–H and O–H groups in total. The van der Waals surface area contributed by atoms with Crippen molar-refractivity contribution in [2.24, 2.45) is 0 Å². The Morgan fingerprint density at radius 3 is 3.07 bits per heavy atom. The van der Waals surface area contributed by atoms with Crippen LogP contribution in [0.3, 0.4) is 0 Å². The zero-order chi connectivity index (χ0) is 10.6. The van der Waals surface area contributed by atoms with Gasteiger partial charge in [0.05, 0.1) is 5.60 Å². The molecule has 0 amide bonds. The van der Waals surface area contributed by atoms with Crippen LogP contribution in [0.15, 0.2) is 0 Å². The summed E-state index contributed by atoms with van der Waals surface area (Å²) < 4.78 is 11.6. The third-order valence-electron chi connectivity index (χ3n) is 3.61. The quantitative estimate of drug-likeness (QED) is 0.757. The lowest BCUT2D eigenvalue weighted by Crippen LogP contribution is -2.47. The van der Waals surface area contributed by atoms with Gasteiger partial charge in [-0.15, -0.1) is 0 Å². The summed E-state index contributed by atoms with van der Waals surface area (Å²) in [6.07, 6.45) is 5.74. The van der Waals surface area contributed by atoms with Crippen molar-refractivity contribution in [1.82, 2.24) is 5.32 Å². The molecule has 2 unspecified atom stereocenters. The maximum atomic E-state index is 6.04. The van der Waals surface area contributed by atoms with E-state index in [4.69, 9.17) is 9.47 Å². The molecular formula is C12H23NO2. The molecule has 2 heterocycles. The number of rotatable bonds is 2. The highest BCUT2D eigenvalue weighted by Gasteiger charge is 2.37. The fraction of sp³-hybridized carbons (Fsp3) is 1.00. The van der Waals surface area contributed by atoms with Crippen LogP contribution in [-0.2, 0) is 9.47 Å². The van der Waals surface area contributed by atoms with E-state index < -0.39 is 0 Å². The number of hydrogen-bond acceptors (Lipinski definition) is 3. The van der Waals surface area contributed by atoms with Gasteiger partial charge in [-0.25, -0.2) is 0 Å². The second-order valence-electron chi connectivity index (χ2n) is 4.74. The van der Waals surface area contributed by atoms with Gasteiger partial charge in [0, 0.05) is 25.9 Å². The summed E-state index contributed by atoms with van der Waals surface area (Å²) in [6.45, 7) is 5.95. The van der Waals surface area contributed by atoms with Gasteiger partial charge in [0.1, 0.15) is 0 Å². The molecule has 0 aromatic rings. The first kappa shape index (κ1) is 11.4. The third kappa shape index (κ3) is 2.92. The van der Waals surface area contributed by atoms with Crippen molar-refractivity contribution in [2.45, 2.75) is 50.7 Å². The number of nitrogens with one attached hydrogen (secondary N) is 1. The van der Waals surface area contributed by atoms with Gasteiger partial charge in [0.15, 0.2) is 0 Å². The van der Waals surface area contributed by atoms with E-state index in [1.54, 1.807) is 0 Å². The van der Waals surface area contributed by atoms with E-state index in [2.05, 4.69) is 12.2 Å². The van der Waals surface area contributed by atoms with Crippen molar-refractivity contribution < 1.29 is 9.47 Å². The van der Waals surface area contributed by atoms with Gasteiger partial charge in [-0.05, 0) is 38.6 Å². The SMILES string of the molecule is CCNC1CCOC2(CCCOCC2)C1. The number of ether oxygens (including phenoxy) is 2. The highest BCUT2D eigenvalue weighted by molar-refractivity contribution is 4.90. The zero-order valence-electron chi connectivity index (χ0n) is 9.76. The van der Waals surface area contributed by atoms with E-state index in [0.717, 1.165) is 45.6 Å². The summed E-state index contributed by atoms with van der Waals surface area (Å²) in [7, 11) is 0. The maximum Gasteiger partial charge on any atom is 0.0720 e. The van der Waals surface area contributed by atoms with Gasteiger partial charge in [-0.3, -0.25) is 0 Å². The van der Waals surface area contributed by atoms with Gasteiger partial charge in [0.25, 0.3) is 0 Å². The van der Waals surface area contributed by atoms with Crippen molar-refractivity contribution in [2.75, 3.05) is 26.4 Å². The molecule has 88 valence electrons. The minimum absolute atomic E-state index is 0.127. The first-order chi connectivity index (χ1) is 7.35. The molecule has 2 saturated heterocycles. The lowest BCUT2D eigenvalue weighted by atomic mass is 9.84. The van der Waals surface area contributed by atoms with E-state index in [-0.39, 0.29) is 5.60 Å². The molecule has 0 aliphatic carbocycles. The van der Waals surface area contributed by atoms with Crippen LogP contribution in [0.25, 0.3) is 0 Å². The lowest BCUT2D eigenvalue weighted by Gasteiger charge is -2.40. The van der Waals surface area contributed by atoms with E-state index in [1.807, 2.05) is 0 Å². The third-order valence-corrected chi connectivity index (χ3v) is 3.61. The molecule has 2 aliphatic heterocycles.